The smallest absolute Gasteiger partial charge is 0.0622 e. The van der Waals surface area contributed by atoms with Gasteiger partial charge in [-0.15, -0.1) is 18.2 Å². The molecule has 9 rings (SSSR count). The molecule has 0 aliphatic carbocycles. The van der Waals surface area contributed by atoms with Crippen molar-refractivity contribution in [3.05, 3.63) is 185 Å². The molecule has 0 aliphatic heterocycles. The molecule has 0 N–H and O–H groups in total. The van der Waals surface area contributed by atoms with Gasteiger partial charge in [0.1, 0.15) is 5.58 Å². The summed E-state index contributed by atoms with van der Waals surface area (Å²) in [6.07, 6.45) is 2.91. The summed E-state index contributed by atoms with van der Waals surface area (Å²) in [5.41, 5.74) is 15.9. The van der Waals surface area contributed by atoms with Crippen LogP contribution in [0, 0.1) is 32.7 Å². The normalized spacial score (nSPS) is 14.2. The molecule has 0 amide bonds. The Morgan fingerprint density at radius 2 is 1.16 bits per heavy atom. The summed E-state index contributed by atoms with van der Waals surface area (Å²) in [5.74, 6) is 8.48. The second-order valence-electron chi connectivity index (χ2n) is 20.2. The van der Waals surface area contributed by atoms with Crippen molar-refractivity contribution < 1.29 is 36.9 Å². The quantitative estimate of drug-likeness (QED) is 0.101. The Morgan fingerprint density at radius 1 is 0.536 bits per heavy atom. The van der Waals surface area contributed by atoms with Crippen molar-refractivity contribution in [1.29, 1.82) is 0 Å². The molecule has 3 heterocycles. The molecule has 0 atom stereocenters. The van der Waals surface area contributed by atoms with E-state index in [0.29, 0.717) is 34.3 Å². The summed E-state index contributed by atoms with van der Waals surface area (Å²) in [7, 11) is 0. The van der Waals surface area contributed by atoms with Gasteiger partial charge in [-0.2, -0.15) is 0 Å². The van der Waals surface area contributed by atoms with Crippen LogP contribution in [0.15, 0.2) is 138 Å². The fourth-order valence-corrected chi connectivity index (χ4v) is 11.6. The van der Waals surface area contributed by atoms with E-state index >= 15 is 0 Å². The number of nitrogens with zero attached hydrogens (tertiary/aromatic N) is 2. The number of benzene rings is 6. The van der Waals surface area contributed by atoms with Crippen molar-refractivity contribution in [1.82, 2.24) is 9.97 Å². The van der Waals surface area contributed by atoms with Gasteiger partial charge in [0.25, 0.3) is 0 Å². The first-order valence-electron chi connectivity index (χ1n) is 28.3. The van der Waals surface area contributed by atoms with E-state index in [1.807, 2.05) is 24.3 Å². The number of furan rings is 1. The summed E-state index contributed by atoms with van der Waals surface area (Å²) in [5, 5.41) is 1.62. The predicted molar refractivity (Wildman–Crippen MR) is 294 cm³/mol. The minimum Gasteiger partial charge on any atom is -0.0622 e. The number of aromatic nitrogens is 2. The number of aryl methyl sites for hydroxylation is 3. The van der Waals surface area contributed by atoms with E-state index in [0.717, 1.165) is 61.0 Å². The maximum absolute atomic E-state index is 8.59. The van der Waals surface area contributed by atoms with Crippen LogP contribution >= 0.6 is 0 Å². The van der Waals surface area contributed by atoms with Crippen LogP contribution in [0.3, 0.4) is 0 Å². The van der Waals surface area contributed by atoms with Gasteiger partial charge in [0.15, 0.2) is 0 Å². The van der Waals surface area contributed by atoms with Gasteiger partial charge in [-0.3, -0.25) is 0 Å². The van der Waals surface area contributed by atoms with E-state index in [1.54, 1.807) is 30.5 Å². The van der Waals surface area contributed by atoms with Gasteiger partial charge in [-0.05, 0) is 59.6 Å². The Morgan fingerprint density at radius 3 is 1.75 bits per heavy atom. The van der Waals surface area contributed by atoms with E-state index in [-0.39, 0.29) is 48.6 Å². The van der Waals surface area contributed by atoms with E-state index in [1.165, 1.54) is 39.4 Å². The first-order chi connectivity index (χ1) is 36.0. The molecule has 355 valence electrons. The summed E-state index contributed by atoms with van der Waals surface area (Å²) < 4.78 is 78.3. The molecule has 0 saturated carbocycles. The van der Waals surface area contributed by atoms with Crippen molar-refractivity contribution in [3.63, 3.8) is 0 Å². The number of rotatable bonds is 10. The fourth-order valence-electron chi connectivity index (χ4n) is 9.12. The molecule has 3 aromatic heterocycles. The van der Waals surface area contributed by atoms with Gasteiger partial charge in [0, 0.05) is 44.0 Å². The third-order valence-corrected chi connectivity index (χ3v) is 17.1. The van der Waals surface area contributed by atoms with Gasteiger partial charge in [0.2, 0.25) is 0 Å². The molecule has 0 saturated heterocycles. The minimum atomic E-state index is -2.33. The third kappa shape index (κ3) is 11.0. The minimum absolute atomic E-state index is 0. The molecule has 0 unspecified atom stereocenters. The Hall–Kier alpha value is -5.39. The monoisotopic (exact) mass is 1160 g/mol. The van der Waals surface area contributed by atoms with E-state index < -0.39 is 33.8 Å². The van der Waals surface area contributed by atoms with E-state index in [2.05, 4.69) is 150 Å². The van der Waals surface area contributed by atoms with Gasteiger partial charge in [-0.25, -0.2) is 0 Å². The van der Waals surface area contributed by atoms with Gasteiger partial charge in [-0.1, -0.05) is 105 Å². The van der Waals surface area contributed by atoms with E-state index in [9.17, 15) is 0 Å². The molecule has 0 aliphatic rings. The summed E-state index contributed by atoms with van der Waals surface area (Å²) >= 11 is -2.10. The third-order valence-electron chi connectivity index (χ3n) is 12.9. The van der Waals surface area contributed by atoms with Gasteiger partial charge in [0.05, 0.1) is 5.58 Å². The van der Waals surface area contributed by atoms with Crippen molar-refractivity contribution in [2.24, 2.45) is 0 Å². The number of hydrogen-bond donors (Lipinski definition) is 0. The molecule has 9 aromatic rings. The zero-order valence-electron chi connectivity index (χ0n) is 50.6. The Bertz CT molecular complexity index is 3530. The number of fused-ring (bicyclic) bond motifs is 3. The SMILES string of the molecule is [2H]C([2H])([2H])c1ccc(-c2[c-]ccc3c2oc2cc(C([2H])([2H])[2H])ccc23)nc1.[2H]C([2H])([2H])c1cnc(-c2[c-]ccc(-c3c(C(C)C)c[c]([Ge]([CH3])([CH3])[CH3])cc3C(C)C)c2)cc1-c1c(C(C)C)cc(-c2ccccc2)cc1C(C)C.[Ir]. The number of pyridine rings is 2. The average Bonchev–Trinajstić information content (AvgIpc) is 3.76. The van der Waals surface area contributed by atoms with Crippen LogP contribution in [0.1, 0.15) is 130 Å². The van der Waals surface area contributed by atoms with Crippen molar-refractivity contribution in [3.8, 4) is 55.9 Å². The molecule has 5 heteroatoms. The van der Waals surface area contributed by atoms with E-state index in [4.69, 9.17) is 21.7 Å². The Labute approximate surface area is 441 Å². The van der Waals surface area contributed by atoms with Gasteiger partial charge < -0.3 is 9.40 Å². The molecule has 6 aromatic carbocycles. The summed E-state index contributed by atoms with van der Waals surface area (Å²) in [4.78, 5) is 9.08. The molecular formula is C64H68GeIrN2O-2. The first kappa shape index (κ1) is 40.4. The summed E-state index contributed by atoms with van der Waals surface area (Å²) in [6, 6.07) is 46.4. The van der Waals surface area contributed by atoms with Crippen LogP contribution in [0.25, 0.3) is 77.8 Å². The fraction of sp³-hybridized carbons (Fsp3) is 0.281. The first-order valence-corrected chi connectivity index (χ1v) is 31.2. The molecule has 1 radical (unpaired) electrons. The van der Waals surface area contributed by atoms with Crippen molar-refractivity contribution in [2.75, 3.05) is 0 Å². The van der Waals surface area contributed by atoms with Crippen LogP contribution in [-0.2, 0) is 20.1 Å². The molecule has 0 fully saturated rings. The zero-order valence-corrected chi connectivity index (χ0v) is 46.1. The topological polar surface area (TPSA) is 38.9 Å². The average molecular weight is 1160 g/mol. The zero-order chi connectivity index (χ0) is 56.1. The van der Waals surface area contributed by atoms with Crippen LogP contribution in [-0.4, -0.2) is 23.2 Å². The molecular weight excluding hydrogens is 1080 g/mol. The maximum atomic E-state index is 8.59. The second kappa shape index (κ2) is 21.3. The molecule has 69 heavy (non-hydrogen) atoms. The van der Waals surface area contributed by atoms with Crippen LogP contribution in [0.5, 0.6) is 0 Å². The van der Waals surface area contributed by atoms with Crippen LogP contribution in [0.2, 0.25) is 17.3 Å². The van der Waals surface area contributed by atoms with Crippen molar-refractivity contribution >= 4 is 39.6 Å². The summed E-state index contributed by atoms with van der Waals surface area (Å²) in [6.45, 7) is 11.2. The predicted octanol–water partition coefficient (Wildman–Crippen LogP) is 18.0. The van der Waals surface area contributed by atoms with Crippen molar-refractivity contribution in [2.45, 2.75) is 117 Å². The van der Waals surface area contributed by atoms with Crippen LogP contribution in [0.4, 0.5) is 0 Å². The second-order valence-corrected chi connectivity index (χ2v) is 30.9. The Balaban J connectivity index is 0.000000264. The molecule has 3 nitrogen and oxygen atoms in total. The Kier molecular flexibility index (Phi) is 12.5. The molecule has 0 spiro atoms. The molecule has 0 bridgehead atoms. The number of hydrogen-bond acceptors (Lipinski definition) is 3. The van der Waals surface area contributed by atoms with Gasteiger partial charge >= 0.3 is 196 Å². The van der Waals surface area contributed by atoms with Crippen LogP contribution < -0.4 is 4.40 Å². The standard InChI is InChI=1S/C45H54GeN.C19H14NO.Ir/c1-28(2)38-22-36(33-17-14-13-15-18-33)23-39(29(3)4)45(38)42-26-43(47-27-32(42)9)34-19-16-20-35(21-34)44-40(30(5)6)24-37(46(10,11)12)25-41(44)31(7)8;1-12-6-8-14-15-4-3-5-16(19(15)21-18(14)10-12)17-9-7-13(2)11-20-17;/h13-18,20-31H,1-12H3;3-4,6-11H,1-2H3;/q2*-1;/i9D3;1D3,2D3;.